The monoisotopic (exact) mass is 248 g/mol. The van der Waals surface area contributed by atoms with Crippen LogP contribution in [0.5, 0.6) is 0 Å². The maximum atomic E-state index is 13.4. The first-order valence-electron chi connectivity index (χ1n) is 6.40. The van der Waals surface area contributed by atoms with Crippen LogP contribution in [0.3, 0.4) is 0 Å². The van der Waals surface area contributed by atoms with Gasteiger partial charge in [0.1, 0.15) is 5.83 Å². The van der Waals surface area contributed by atoms with Crippen molar-refractivity contribution < 1.29 is 4.39 Å². The van der Waals surface area contributed by atoms with E-state index in [-0.39, 0.29) is 5.71 Å². The standard InChI is InChI=1S/C15H21FN2/c1-4-10-18(6-3)13-9-7-8-12(11-13)15(17)14(16)5-2/h5,7-9,11,17H,4,6,10H2,1-3H3/b14-5+,17-15?. The average Bonchev–Trinajstić information content (AvgIpc) is 2.43. The maximum absolute atomic E-state index is 13.4. The van der Waals surface area contributed by atoms with Gasteiger partial charge in [-0.1, -0.05) is 19.1 Å². The van der Waals surface area contributed by atoms with Gasteiger partial charge in [-0.25, -0.2) is 4.39 Å². The summed E-state index contributed by atoms with van der Waals surface area (Å²) < 4.78 is 13.4. The average molecular weight is 248 g/mol. The van der Waals surface area contributed by atoms with Crippen molar-refractivity contribution in [3.8, 4) is 0 Å². The van der Waals surface area contributed by atoms with Crippen molar-refractivity contribution in [3.05, 3.63) is 41.7 Å². The highest BCUT2D eigenvalue weighted by Crippen LogP contribution is 2.19. The third kappa shape index (κ3) is 3.42. The Balaban J connectivity index is 3.01. The molecule has 0 heterocycles. The zero-order valence-corrected chi connectivity index (χ0v) is 11.3. The minimum Gasteiger partial charge on any atom is -0.372 e. The van der Waals surface area contributed by atoms with Gasteiger partial charge in [-0.3, -0.25) is 5.41 Å². The summed E-state index contributed by atoms with van der Waals surface area (Å²) in [6, 6.07) is 7.53. The van der Waals surface area contributed by atoms with E-state index >= 15 is 0 Å². The fourth-order valence-electron chi connectivity index (χ4n) is 1.88. The molecule has 3 heteroatoms. The van der Waals surface area contributed by atoms with Crippen LogP contribution < -0.4 is 4.90 Å². The molecular formula is C15H21FN2. The van der Waals surface area contributed by atoms with Crippen molar-refractivity contribution >= 4 is 11.4 Å². The molecule has 0 unspecified atom stereocenters. The number of benzene rings is 1. The van der Waals surface area contributed by atoms with Gasteiger partial charge in [-0.05, 0) is 38.5 Å². The van der Waals surface area contributed by atoms with Crippen LogP contribution in [0.25, 0.3) is 0 Å². The number of nitrogens with one attached hydrogen (secondary N) is 1. The molecule has 18 heavy (non-hydrogen) atoms. The summed E-state index contributed by atoms with van der Waals surface area (Å²) in [4.78, 5) is 2.23. The Kier molecular flexibility index (Phi) is 5.56. The third-order valence-electron chi connectivity index (χ3n) is 2.87. The second-order valence-electron chi connectivity index (χ2n) is 4.14. The summed E-state index contributed by atoms with van der Waals surface area (Å²) in [5.41, 5.74) is 1.62. The zero-order chi connectivity index (χ0) is 13.5. The lowest BCUT2D eigenvalue weighted by Gasteiger charge is -2.23. The Morgan fingerprint density at radius 2 is 2.11 bits per heavy atom. The van der Waals surface area contributed by atoms with Gasteiger partial charge < -0.3 is 4.90 Å². The van der Waals surface area contributed by atoms with E-state index in [0.717, 1.165) is 25.2 Å². The minimum atomic E-state index is -0.481. The van der Waals surface area contributed by atoms with E-state index in [9.17, 15) is 4.39 Å². The molecule has 1 aromatic rings. The quantitative estimate of drug-likeness (QED) is 0.752. The molecule has 2 nitrogen and oxygen atoms in total. The van der Waals surface area contributed by atoms with Crippen molar-refractivity contribution in [1.29, 1.82) is 5.41 Å². The van der Waals surface area contributed by atoms with Crippen LogP contribution in [-0.2, 0) is 0 Å². The minimum absolute atomic E-state index is 0.0492. The van der Waals surface area contributed by atoms with E-state index < -0.39 is 5.83 Å². The van der Waals surface area contributed by atoms with E-state index in [4.69, 9.17) is 5.41 Å². The first-order valence-corrected chi connectivity index (χ1v) is 6.40. The van der Waals surface area contributed by atoms with Crippen LogP contribution in [0.4, 0.5) is 10.1 Å². The van der Waals surface area contributed by atoms with Gasteiger partial charge >= 0.3 is 0 Å². The zero-order valence-electron chi connectivity index (χ0n) is 11.3. The van der Waals surface area contributed by atoms with E-state index in [0.29, 0.717) is 5.56 Å². The number of anilines is 1. The largest absolute Gasteiger partial charge is 0.372 e. The lowest BCUT2D eigenvalue weighted by Crippen LogP contribution is -2.23. The van der Waals surface area contributed by atoms with Crippen LogP contribution in [-0.4, -0.2) is 18.8 Å². The number of allylic oxidation sites excluding steroid dienone is 2. The topological polar surface area (TPSA) is 27.1 Å². The van der Waals surface area contributed by atoms with Gasteiger partial charge in [-0.2, -0.15) is 0 Å². The Labute approximate surface area is 109 Å². The highest BCUT2D eigenvalue weighted by atomic mass is 19.1. The second-order valence-corrected chi connectivity index (χ2v) is 4.14. The van der Waals surface area contributed by atoms with E-state index in [1.807, 2.05) is 18.2 Å². The third-order valence-corrected chi connectivity index (χ3v) is 2.87. The van der Waals surface area contributed by atoms with Gasteiger partial charge in [0.2, 0.25) is 0 Å². The molecular weight excluding hydrogens is 227 g/mol. The van der Waals surface area contributed by atoms with Crippen molar-refractivity contribution in [2.24, 2.45) is 0 Å². The Bertz CT molecular complexity index is 438. The van der Waals surface area contributed by atoms with Crippen molar-refractivity contribution in [2.75, 3.05) is 18.0 Å². The molecule has 1 N–H and O–H groups in total. The van der Waals surface area contributed by atoms with Crippen LogP contribution in [0.2, 0.25) is 0 Å². The molecule has 0 atom stereocenters. The first-order chi connectivity index (χ1) is 8.63. The number of nitrogens with zero attached hydrogens (tertiary/aromatic N) is 1. The Hall–Kier alpha value is -1.64. The number of hydrogen-bond acceptors (Lipinski definition) is 2. The van der Waals surface area contributed by atoms with Crippen molar-refractivity contribution in [1.82, 2.24) is 0 Å². The molecule has 0 saturated heterocycles. The summed E-state index contributed by atoms with van der Waals surface area (Å²) in [5.74, 6) is -0.481. The van der Waals surface area contributed by atoms with Crippen molar-refractivity contribution in [2.45, 2.75) is 27.2 Å². The fourth-order valence-corrected chi connectivity index (χ4v) is 1.88. The molecule has 0 amide bonds. The smallest absolute Gasteiger partial charge is 0.144 e. The lowest BCUT2D eigenvalue weighted by molar-refractivity contribution is 0.678. The van der Waals surface area contributed by atoms with Gasteiger partial charge in [0.15, 0.2) is 0 Å². The summed E-state index contributed by atoms with van der Waals surface area (Å²) in [6.45, 7) is 7.72. The summed E-state index contributed by atoms with van der Waals surface area (Å²) in [6.07, 6.45) is 2.39. The highest BCUT2D eigenvalue weighted by Gasteiger charge is 2.09. The summed E-state index contributed by atoms with van der Waals surface area (Å²) in [7, 11) is 0. The van der Waals surface area contributed by atoms with Crippen molar-refractivity contribution in [3.63, 3.8) is 0 Å². The molecule has 0 radical (unpaired) electrons. The molecule has 1 rings (SSSR count). The predicted molar refractivity (Wildman–Crippen MR) is 76.3 cm³/mol. The molecule has 0 fully saturated rings. The maximum Gasteiger partial charge on any atom is 0.144 e. The van der Waals surface area contributed by atoms with Crippen LogP contribution in [0, 0.1) is 5.41 Å². The van der Waals surface area contributed by atoms with E-state index in [1.54, 1.807) is 13.0 Å². The van der Waals surface area contributed by atoms with E-state index in [2.05, 4.69) is 18.7 Å². The van der Waals surface area contributed by atoms with Crippen LogP contribution in [0.1, 0.15) is 32.8 Å². The molecule has 0 spiro atoms. The molecule has 0 saturated carbocycles. The SMILES string of the molecule is C/C=C(/F)C(=N)c1cccc(N(CC)CCC)c1. The predicted octanol–water partition coefficient (Wildman–Crippen LogP) is 4.16. The van der Waals surface area contributed by atoms with Gasteiger partial charge in [0.25, 0.3) is 0 Å². The fraction of sp³-hybridized carbons (Fsp3) is 0.400. The Morgan fingerprint density at radius 3 is 2.67 bits per heavy atom. The Morgan fingerprint density at radius 1 is 1.39 bits per heavy atom. The second kappa shape index (κ2) is 6.94. The normalized spacial score (nSPS) is 11.4. The highest BCUT2D eigenvalue weighted by molar-refractivity contribution is 6.09. The summed E-state index contributed by atoms with van der Waals surface area (Å²) in [5, 5.41) is 7.77. The number of rotatable bonds is 6. The number of hydrogen-bond donors (Lipinski definition) is 1. The molecule has 0 aliphatic carbocycles. The molecule has 0 bridgehead atoms. The summed E-state index contributed by atoms with van der Waals surface area (Å²) >= 11 is 0. The van der Waals surface area contributed by atoms with Gasteiger partial charge in [0, 0.05) is 24.3 Å². The first kappa shape index (κ1) is 14.4. The van der Waals surface area contributed by atoms with Gasteiger partial charge in [0.05, 0.1) is 5.71 Å². The lowest BCUT2D eigenvalue weighted by atomic mass is 10.1. The molecule has 0 aromatic heterocycles. The van der Waals surface area contributed by atoms with E-state index in [1.165, 1.54) is 6.08 Å². The van der Waals surface area contributed by atoms with Crippen LogP contribution >= 0.6 is 0 Å². The van der Waals surface area contributed by atoms with Crippen LogP contribution in [0.15, 0.2) is 36.2 Å². The molecule has 98 valence electrons. The number of halogens is 1. The molecule has 0 aliphatic rings. The molecule has 0 aliphatic heterocycles. The van der Waals surface area contributed by atoms with Gasteiger partial charge in [-0.15, -0.1) is 0 Å². The molecule has 1 aromatic carbocycles.